The molecular formula is C12H17FN2O3S. The van der Waals surface area contributed by atoms with E-state index >= 15 is 0 Å². The molecular weight excluding hydrogens is 271 g/mol. The molecule has 2 rings (SSSR count). The molecule has 1 aliphatic carbocycles. The Bertz CT molecular complexity index is 562. The van der Waals surface area contributed by atoms with Crippen molar-refractivity contribution in [3.63, 3.8) is 0 Å². The molecule has 19 heavy (non-hydrogen) atoms. The molecule has 1 aromatic rings. The molecule has 0 heterocycles. The highest BCUT2D eigenvalue weighted by Gasteiger charge is 2.27. The van der Waals surface area contributed by atoms with Crippen molar-refractivity contribution in [2.45, 2.75) is 30.3 Å². The van der Waals surface area contributed by atoms with Gasteiger partial charge in [-0.15, -0.1) is 0 Å². The van der Waals surface area contributed by atoms with Crippen LogP contribution in [0.5, 0.6) is 0 Å². The summed E-state index contributed by atoms with van der Waals surface area (Å²) in [6.07, 6.45) is 1.85. The van der Waals surface area contributed by atoms with Gasteiger partial charge in [0.25, 0.3) is 0 Å². The lowest BCUT2D eigenvalue weighted by atomic mass is 10.1. The molecule has 0 saturated heterocycles. The van der Waals surface area contributed by atoms with Gasteiger partial charge >= 0.3 is 0 Å². The number of nitrogens with one attached hydrogen (secondary N) is 1. The Morgan fingerprint density at radius 1 is 1.42 bits per heavy atom. The van der Waals surface area contributed by atoms with Crippen molar-refractivity contribution in [2.75, 3.05) is 12.3 Å². The Labute approximate surface area is 111 Å². The maximum atomic E-state index is 13.6. The molecule has 5 nitrogen and oxygen atoms in total. The Morgan fingerprint density at radius 2 is 2.16 bits per heavy atom. The lowest BCUT2D eigenvalue weighted by Crippen LogP contribution is -2.32. The number of hydrogen-bond donors (Lipinski definition) is 3. The molecule has 1 aliphatic rings. The molecule has 0 amide bonds. The zero-order valence-corrected chi connectivity index (χ0v) is 11.2. The van der Waals surface area contributed by atoms with Crippen LogP contribution in [0.3, 0.4) is 0 Å². The van der Waals surface area contributed by atoms with Crippen molar-refractivity contribution in [2.24, 2.45) is 5.92 Å². The molecule has 0 spiro atoms. The topological polar surface area (TPSA) is 92.4 Å². The Kier molecular flexibility index (Phi) is 4.07. The predicted molar refractivity (Wildman–Crippen MR) is 69.3 cm³/mol. The third-order valence-corrected chi connectivity index (χ3v) is 4.86. The second kappa shape index (κ2) is 5.44. The second-order valence-corrected chi connectivity index (χ2v) is 6.54. The van der Waals surface area contributed by atoms with Crippen LogP contribution >= 0.6 is 0 Å². The van der Waals surface area contributed by atoms with Gasteiger partial charge in [0, 0.05) is 12.2 Å². The summed E-state index contributed by atoms with van der Waals surface area (Å²) < 4.78 is 39.8. The zero-order chi connectivity index (χ0) is 14.0. The highest BCUT2D eigenvalue weighted by Crippen LogP contribution is 2.25. The molecule has 1 aromatic carbocycles. The number of benzene rings is 1. The maximum Gasteiger partial charge on any atom is 0.243 e. The molecule has 106 valence electrons. The standard InChI is InChI=1S/C12H17FN2O3S/c13-10-6-9(14)4-5-12(10)19(17,18)15-7-8-2-1-3-11(8)16/h4-6,8,11,15-16H,1-3,7,14H2. The van der Waals surface area contributed by atoms with Crippen LogP contribution in [0.15, 0.2) is 23.1 Å². The van der Waals surface area contributed by atoms with Gasteiger partial charge in [-0.2, -0.15) is 0 Å². The van der Waals surface area contributed by atoms with E-state index in [-0.39, 0.29) is 18.2 Å². The number of anilines is 1. The molecule has 4 N–H and O–H groups in total. The lowest BCUT2D eigenvalue weighted by molar-refractivity contribution is 0.134. The van der Waals surface area contributed by atoms with E-state index in [1.54, 1.807) is 0 Å². The van der Waals surface area contributed by atoms with Crippen LogP contribution in [0.4, 0.5) is 10.1 Å². The molecule has 0 aliphatic heterocycles. The Morgan fingerprint density at radius 3 is 2.74 bits per heavy atom. The van der Waals surface area contributed by atoms with Gasteiger partial charge in [0.1, 0.15) is 10.7 Å². The van der Waals surface area contributed by atoms with Gasteiger partial charge in [0.2, 0.25) is 10.0 Å². The summed E-state index contributed by atoms with van der Waals surface area (Å²) in [7, 11) is -3.91. The summed E-state index contributed by atoms with van der Waals surface area (Å²) in [6.45, 7) is 0.118. The van der Waals surface area contributed by atoms with Gasteiger partial charge in [-0.3, -0.25) is 0 Å². The number of nitrogens with two attached hydrogens (primary N) is 1. The predicted octanol–water partition coefficient (Wildman–Crippen LogP) is 0.847. The summed E-state index contributed by atoms with van der Waals surface area (Å²) in [5.74, 6) is -0.980. The van der Waals surface area contributed by atoms with E-state index in [9.17, 15) is 17.9 Å². The van der Waals surface area contributed by atoms with E-state index in [1.165, 1.54) is 6.07 Å². The second-order valence-electron chi connectivity index (χ2n) is 4.80. The fraction of sp³-hybridized carbons (Fsp3) is 0.500. The first-order chi connectivity index (χ1) is 8.90. The van der Waals surface area contributed by atoms with E-state index in [0.717, 1.165) is 25.0 Å². The number of hydrogen-bond acceptors (Lipinski definition) is 4. The summed E-state index contributed by atoms with van der Waals surface area (Å²) in [6, 6.07) is 3.44. The van der Waals surface area contributed by atoms with Crippen LogP contribution in [0, 0.1) is 11.7 Å². The highest BCUT2D eigenvalue weighted by molar-refractivity contribution is 7.89. The van der Waals surface area contributed by atoms with Crippen molar-refractivity contribution in [3.8, 4) is 0 Å². The number of rotatable bonds is 4. The minimum atomic E-state index is -3.91. The van der Waals surface area contributed by atoms with E-state index in [2.05, 4.69) is 4.72 Å². The van der Waals surface area contributed by atoms with Gasteiger partial charge in [-0.05, 0) is 37.0 Å². The van der Waals surface area contributed by atoms with E-state index in [4.69, 9.17) is 5.73 Å². The number of aliphatic hydroxyl groups is 1. The number of nitrogen functional groups attached to an aromatic ring is 1. The molecule has 2 atom stereocenters. The van der Waals surface area contributed by atoms with Crippen molar-refractivity contribution < 1.29 is 17.9 Å². The van der Waals surface area contributed by atoms with Crippen molar-refractivity contribution in [1.29, 1.82) is 0 Å². The lowest BCUT2D eigenvalue weighted by Gasteiger charge is -2.15. The fourth-order valence-corrected chi connectivity index (χ4v) is 3.44. The first-order valence-corrected chi connectivity index (χ1v) is 7.61. The maximum absolute atomic E-state index is 13.6. The van der Waals surface area contributed by atoms with Crippen LogP contribution in [-0.4, -0.2) is 26.2 Å². The Balaban J connectivity index is 2.09. The molecule has 7 heteroatoms. The SMILES string of the molecule is Nc1ccc(S(=O)(=O)NCC2CCCC2O)c(F)c1. The third-order valence-electron chi connectivity index (χ3n) is 3.40. The van der Waals surface area contributed by atoms with E-state index in [1.807, 2.05) is 0 Å². The van der Waals surface area contributed by atoms with Gasteiger partial charge < -0.3 is 10.8 Å². The minimum Gasteiger partial charge on any atom is -0.399 e. The quantitative estimate of drug-likeness (QED) is 0.716. The van der Waals surface area contributed by atoms with E-state index < -0.39 is 26.8 Å². The van der Waals surface area contributed by atoms with Crippen LogP contribution in [0.2, 0.25) is 0 Å². The average molecular weight is 288 g/mol. The van der Waals surface area contributed by atoms with Crippen molar-refractivity contribution in [3.05, 3.63) is 24.0 Å². The van der Waals surface area contributed by atoms with Gasteiger partial charge in [-0.25, -0.2) is 17.5 Å². The molecule has 0 bridgehead atoms. The smallest absolute Gasteiger partial charge is 0.243 e. The summed E-state index contributed by atoms with van der Waals surface area (Å²) >= 11 is 0. The first-order valence-electron chi connectivity index (χ1n) is 6.13. The highest BCUT2D eigenvalue weighted by atomic mass is 32.2. The summed E-state index contributed by atoms with van der Waals surface area (Å²) in [4.78, 5) is -0.422. The van der Waals surface area contributed by atoms with Crippen molar-refractivity contribution in [1.82, 2.24) is 4.72 Å². The van der Waals surface area contributed by atoms with Gasteiger partial charge in [-0.1, -0.05) is 6.42 Å². The summed E-state index contributed by atoms with van der Waals surface area (Å²) in [5.41, 5.74) is 5.54. The number of halogens is 1. The Hall–Kier alpha value is -1.18. The monoisotopic (exact) mass is 288 g/mol. The van der Waals surface area contributed by atoms with Crippen LogP contribution < -0.4 is 10.5 Å². The van der Waals surface area contributed by atoms with E-state index in [0.29, 0.717) is 6.42 Å². The fourth-order valence-electron chi connectivity index (χ4n) is 2.28. The average Bonchev–Trinajstić information content (AvgIpc) is 2.72. The van der Waals surface area contributed by atoms with Crippen LogP contribution in [0.25, 0.3) is 0 Å². The van der Waals surface area contributed by atoms with Crippen LogP contribution in [0.1, 0.15) is 19.3 Å². The van der Waals surface area contributed by atoms with Gasteiger partial charge in [0.05, 0.1) is 6.10 Å². The molecule has 1 fully saturated rings. The molecule has 2 unspecified atom stereocenters. The minimum absolute atomic E-state index is 0.105. The first kappa shape index (κ1) is 14.2. The third kappa shape index (κ3) is 3.23. The number of sulfonamides is 1. The summed E-state index contributed by atoms with van der Waals surface area (Å²) in [5, 5.41) is 9.62. The molecule has 1 saturated carbocycles. The molecule has 0 aromatic heterocycles. The normalized spacial score (nSPS) is 23.7. The van der Waals surface area contributed by atoms with Crippen LogP contribution in [-0.2, 0) is 10.0 Å². The molecule has 0 radical (unpaired) electrons. The van der Waals surface area contributed by atoms with Crippen molar-refractivity contribution >= 4 is 15.7 Å². The zero-order valence-electron chi connectivity index (χ0n) is 10.3. The number of aliphatic hydroxyl groups excluding tert-OH is 1. The largest absolute Gasteiger partial charge is 0.399 e. The van der Waals surface area contributed by atoms with Gasteiger partial charge in [0.15, 0.2) is 0 Å².